The Morgan fingerprint density at radius 1 is 0.733 bits per heavy atom. The lowest BCUT2D eigenvalue weighted by Gasteiger charge is -2.41. The largest absolute Gasteiger partial charge is 0.457 e. The van der Waals surface area contributed by atoms with Gasteiger partial charge in [0.15, 0.2) is 6.29 Å². The Hall–Kier alpha value is -6.57. The van der Waals surface area contributed by atoms with E-state index in [9.17, 15) is 20.0 Å². The highest BCUT2D eigenvalue weighted by Gasteiger charge is 2.34. The number of non-ortho nitro benzene ring substituents is 1. The van der Waals surface area contributed by atoms with Gasteiger partial charge in [-0.05, 0) is 88.5 Å². The molecule has 3 atom stereocenters. The van der Waals surface area contributed by atoms with Crippen molar-refractivity contribution in [1.29, 1.82) is 0 Å². The van der Waals surface area contributed by atoms with E-state index < -0.39 is 6.29 Å². The summed E-state index contributed by atoms with van der Waals surface area (Å²) in [4.78, 5) is 28.3. The molecule has 8 rings (SSSR count). The summed E-state index contributed by atoms with van der Waals surface area (Å²) in [6, 6.07) is 47.4. The average Bonchev–Trinajstić information content (AvgIpc) is 3.30. The van der Waals surface area contributed by atoms with Crippen molar-refractivity contribution in [3.8, 4) is 22.6 Å². The number of nitro groups is 1. The molecule has 2 aliphatic heterocycles. The number of nitrogens with zero attached hydrogens (tertiary/aromatic N) is 3. The fraction of sp³-hybridized carbons (Fsp3) is 0.229. The Balaban J connectivity index is 0.906. The van der Waals surface area contributed by atoms with Gasteiger partial charge in [-0.1, -0.05) is 78.9 Å². The molecule has 2 saturated heterocycles. The van der Waals surface area contributed by atoms with E-state index in [1.54, 1.807) is 24.3 Å². The lowest BCUT2D eigenvalue weighted by Crippen LogP contribution is -2.49. The third kappa shape index (κ3) is 10.3. The first kappa shape index (κ1) is 40.2. The summed E-state index contributed by atoms with van der Waals surface area (Å²) in [7, 11) is 0. The monoisotopic (exact) mass is 805 g/mol. The SMILES string of the molecule is O=C(NCc1cccc(-c2cccc([C@@H]3O[C@H](CN4CCN(c5ccc([N+](=O)[O-])cc5)CC4)C[C@H](c4ccc(CO)cc4)O3)c2)c1)Nc1ccc(Oc2ccccc2)cc1. The van der Waals surface area contributed by atoms with Crippen LogP contribution in [0.1, 0.15) is 41.1 Å². The highest BCUT2D eigenvalue weighted by molar-refractivity contribution is 5.89. The fourth-order valence-corrected chi connectivity index (χ4v) is 7.61. The smallest absolute Gasteiger partial charge is 0.319 e. The van der Waals surface area contributed by atoms with Crippen molar-refractivity contribution in [2.45, 2.75) is 38.1 Å². The maximum atomic E-state index is 12.8. The number of carbonyl (C=O) groups is 1. The normalized spacial score (nSPS) is 18.1. The van der Waals surface area contributed by atoms with E-state index >= 15 is 0 Å². The van der Waals surface area contributed by atoms with Gasteiger partial charge in [-0.15, -0.1) is 0 Å². The second-order valence-corrected chi connectivity index (χ2v) is 15.0. The molecule has 0 radical (unpaired) electrons. The van der Waals surface area contributed by atoms with Crippen LogP contribution in [0.25, 0.3) is 11.1 Å². The number of ether oxygens (including phenoxy) is 3. The van der Waals surface area contributed by atoms with Crippen LogP contribution in [0.2, 0.25) is 0 Å². The minimum absolute atomic E-state index is 0.0241. The minimum atomic E-state index is -0.611. The lowest BCUT2D eigenvalue weighted by molar-refractivity contribution is -0.384. The van der Waals surface area contributed by atoms with Crippen molar-refractivity contribution in [3.05, 3.63) is 184 Å². The molecule has 2 heterocycles. The summed E-state index contributed by atoms with van der Waals surface area (Å²) in [6.45, 7) is 4.31. The number of anilines is 2. The molecule has 2 aliphatic rings. The standard InChI is InChI=1S/C48H47N5O7/c54-33-34-12-14-36(15-13-34)46-30-45(32-51-24-26-52(27-25-51)41-18-20-42(21-19-41)53(56)57)59-47(60-46)39-9-5-8-38(29-39)37-7-4-6-35(28-37)31-49-48(55)50-40-16-22-44(23-17-40)58-43-10-2-1-3-11-43/h1-23,28-29,45-47,54H,24-27,30-33H2,(H2,49,50,55)/t45-,46+,47+/m0/s1. The molecule has 2 amide bonds. The summed E-state index contributed by atoms with van der Waals surface area (Å²) in [5.41, 5.74) is 7.45. The second-order valence-electron chi connectivity index (χ2n) is 15.0. The first-order chi connectivity index (χ1) is 29.3. The molecule has 3 N–H and O–H groups in total. The molecule has 12 heteroatoms. The molecule has 0 spiro atoms. The third-order valence-corrected chi connectivity index (χ3v) is 10.8. The zero-order valence-electron chi connectivity index (χ0n) is 33.1. The van der Waals surface area contributed by atoms with E-state index in [-0.39, 0.29) is 35.5 Å². The van der Waals surface area contributed by atoms with Crippen molar-refractivity contribution in [2.75, 3.05) is 42.9 Å². The molecule has 0 aliphatic carbocycles. The maximum Gasteiger partial charge on any atom is 0.319 e. The molecule has 0 aromatic heterocycles. The van der Waals surface area contributed by atoms with Gasteiger partial charge in [0.25, 0.3) is 5.69 Å². The van der Waals surface area contributed by atoms with Gasteiger partial charge in [0.2, 0.25) is 0 Å². The Kier molecular flexibility index (Phi) is 12.7. The van der Waals surface area contributed by atoms with E-state index in [2.05, 4.69) is 44.7 Å². The van der Waals surface area contributed by atoms with Crippen LogP contribution in [0.15, 0.2) is 152 Å². The summed E-state index contributed by atoms with van der Waals surface area (Å²) < 4.78 is 19.3. The first-order valence-electron chi connectivity index (χ1n) is 20.1. The van der Waals surface area contributed by atoms with Crippen LogP contribution in [0.5, 0.6) is 11.5 Å². The Morgan fingerprint density at radius 3 is 2.15 bits per heavy atom. The molecule has 12 nitrogen and oxygen atoms in total. The molecule has 2 fully saturated rings. The average molecular weight is 806 g/mol. The van der Waals surface area contributed by atoms with Crippen molar-refractivity contribution in [2.24, 2.45) is 0 Å². The summed E-state index contributed by atoms with van der Waals surface area (Å²) in [6.07, 6.45) is -0.261. The Bertz CT molecular complexity index is 2350. The van der Waals surface area contributed by atoms with Crippen molar-refractivity contribution in [1.82, 2.24) is 10.2 Å². The highest BCUT2D eigenvalue weighted by Crippen LogP contribution is 2.39. The number of para-hydroxylation sites is 1. The van der Waals surface area contributed by atoms with Crippen LogP contribution in [0.4, 0.5) is 21.9 Å². The number of amides is 2. The topological polar surface area (TPSA) is 139 Å². The molecule has 0 bridgehead atoms. The molecule has 6 aromatic rings. The molecule has 0 saturated carbocycles. The van der Waals surface area contributed by atoms with Gasteiger partial charge in [0.1, 0.15) is 11.5 Å². The fourth-order valence-electron chi connectivity index (χ4n) is 7.61. The Morgan fingerprint density at radius 2 is 1.43 bits per heavy atom. The third-order valence-electron chi connectivity index (χ3n) is 10.8. The van der Waals surface area contributed by atoms with E-state index in [1.807, 2.05) is 103 Å². The van der Waals surface area contributed by atoms with Crippen LogP contribution in [0.3, 0.4) is 0 Å². The number of aliphatic hydroxyl groups excluding tert-OH is 1. The molecular formula is C48H47N5O7. The molecule has 6 aromatic carbocycles. The van der Waals surface area contributed by atoms with Gasteiger partial charge in [-0.2, -0.15) is 0 Å². The number of carbonyl (C=O) groups excluding carboxylic acids is 1. The number of nitrogens with one attached hydrogen (secondary N) is 2. The van der Waals surface area contributed by atoms with Gasteiger partial charge >= 0.3 is 6.03 Å². The number of urea groups is 1. The van der Waals surface area contributed by atoms with Gasteiger partial charge in [-0.3, -0.25) is 15.0 Å². The number of nitro benzene ring substituents is 1. The number of hydrogen-bond donors (Lipinski definition) is 3. The number of piperazine rings is 1. The summed E-state index contributed by atoms with van der Waals surface area (Å²) in [5, 5.41) is 26.6. The van der Waals surface area contributed by atoms with Crippen LogP contribution in [-0.4, -0.2) is 59.8 Å². The predicted molar refractivity (Wildman–Crippen MR) is 231 cm³/mol. The van der Waals surface area contributed by atoms with E-state index in [4.69, 9.17) is 14.2 Å². The van der Waals surface area contributed by atoms with E-state index in [0.29, 0.717) is 24.4 Å². The summed E-state index contributed by atoms with van der Waals surface area (Å²) in [5.74, 6) is 1.42. The number of hydrogen-bond acceptors (Lipinski definition) is 9. The van der Waals surface area contributed by atoms with Crippen molar-refractivity contribution < 1.29 is 29.0 Å². The second kappa shape index (κ2) is 19.0. The van der Waals surface area contributed by atoms with Crippen molar-refractivity contribution in [3.63, 3.8) is 0 Å². The van der Waals surface area contributed by atoms with Gasteiger partial charge in [-0.25, -0.2) is 4.79 Å². The zero-order valence-corrected chi connectivity index (χ0v) is 33.1. The van der Waals surface area contributed by atoms with Crippen LogP contribution < -0.4 is 20.3 Å². The molecular weight excluding hydrogens is 759 g/mol. The number of rotatable bonds is 13. The number of aliphatic hydroxyl groups is 1. The Labute approximate surface area is 349 Å². The number of benzene rings is 6. The first-order valence-corrected chi connectivity index (χ1v) is 20.1. The molecule has 306 valence electrons. The van der Waals surface area contributed by atoms with Gasteiger partial charge < -0.3 is 34.9 Å². The minimum Gasteiger partial charge on any atom is -0.457 e. The maximum absolute atomic E-state index is 12.8. The molecule has 0 unspecified atom stereocenters. The molecule has 60 heavy (non-hydrogen) atoms. The quantitative estimate of drug-likeness (QED) is 0.0770. The summed E-state index contributed by atoms with van der Waals surface area (Å²) >= 11 is 0. The van der Waals surface area contributed by atoms with Crippen LogP contribution in [-0.2, 0) is 22.6 Å². The van der Waals surface area contributed by atoms with Crippen LogP contribution >= 0.6 is 0 Å². The lowest BCUT2D eigenvalue weighted by atomic mass is 9.98. The highest BCUT2D eigenvalue weighted by atomic mass is 16.7. The van der Waals surface area contributed by atoms with Gasteiger partial charge in [0.05, 0.1) is 23.7 Å². The van der Waals surface area contributed by atoms with Gasteiger partial charge in [0, 0.05) is 74.8 Å². The predicted octanol–water partition coefficient (Wildman–Crippen LogP) is 9.24. The van der Waals surface area contributed by atoms with E-state index in [1.165, 1.54) is 0 Å². The van der Waals surface area contributed by atoms with Crippen LogP contribution in [0, 0.1) is 10.1 Å². The zero-order chi connectivity index (χ0) is 41.3. The van der Waals surface area contributed by atoms with Crippen molar-refractivity contribution >= 4 is 23.1 Å². The van der Waals surface area contributed by atoms with E-state index in [0.717, 1.165) is 77.5 Å².